The first-order valence-corrected chi connectivity index (χ1v) is 14.9. The number of nitrogens with zero attached hydrogens (tertiary/aromatic N) is 2. The molecule has 1 aliphatic carbocycles. The zero-order valence-corrected chi connectivity index (χ0v) is 23.9. The minimum atomic E-state index is -0.902. The molecular formula is C31H31Cl2N3O2S. The summed E-state index contributed by atoms with van der Waals surface area (Å²) >= 11 is 13.8. The third-order valence-corrected chi connectivity index (χ3v) is 8.84. The van der Waals surface area contributed by atoms with Crippen LogP contribution in [0.3, 0.4) is 0 Å². The Balaban J connectivity index is 1.28. The highest BCUT2D eigenvalue weighted by Gasteiger charge is 2.20. The molecule has 0 aliphatic heterocycles. The van der Waals surface area contributed by atoms with Crippen molar-refractivity contribution in [1.82, 2.24) is 4.98 Å². The van der Waals surface area contributed by atoms with Crippen molar-refractivity contribution in [2.45, 2.75) is 45.2 Å². The fraction of sp³-hybridized carbons (Fsp3) is 0.290. The van der Waals surface area contributed by atoms with E-state index in [4.69, 9.17) is 28.2 Å². The molecule has 39 heavy (non-hydrogen) atoms. The number of anilines is 2. The Bertz CT molecular complexity index is 1400. The number of carboxylic acid groups (broad SMARTS) is 1. The van der Waals surface area contributed by atoms with Gasteiger partial charge in [-0.3, -0.25) is 0 Å². The maximum absolute atomic E-state index is 11.3. The van der Waals surface area contributed by atoms with Gasteiger partial charge in [-0.15, -0.1) is 11.3 Å². The van der Waals surface area contributed by atoms with E-state index in [1.807, 2.05) is 30.3 Å². The summed E-state index contributed by atoms with van der Waals surface area (Å²) in [6, 6.07) is 21.1. The van der Waals surface area contributed by atoms with Crippen LogP contribution in [0.4, 0.5) is 10.8 Å². The number of carboxylic acids is 1. The molecule has 1 heterocycles. The van der Waals surface area contributed by atoms with Crippen LogP contribution in [-0.2, 0) is 13.1 Å². The van der Waals surface area contributed by atoms with Gasteiger partial charge in [-0.2, -0.15) is 0 Å². The fourth-order valence-corrected chi connectivity index (χ4v) is 6.19. The predicted molar refractivity (Wildman–Crippen MR) is 162 cm³/mol. The average molecular weight is 581 g/mol. The van der Waals surface area contributed by atoms with E-state index in [1.165, 1.54) is 32.1 Å². The van der Waals surface area contributed by atoms with Crippen molar-refractivity contribution in [3.05, 3.63) is 98.8 Å². The van der Waals surface area contributed by atoms with Crippen LogP contribution in [0.2, 0.25) is 10.0 Å². The first kappa shape index (κ1) is 27.5. The van der Waals surface area contributed by atoms with Crippen LogP contribution in [0.5, 0.6) is 0 Å². The molecule has 0 unspecified atom stereocenters. The summed E-state index contributed by atoms with van der Waals surface area (Å²) in [5.74, 6) is -0.244. The quantitative estimate of drug-likeness (QED) is 0.196. The van der Waals surface area contributed by atoms with E-state index < -0.39 is 5.97 Å². The minimum Gasteiger partial charge on any atom is -0.478 e. The van der Waals surface area contributed by atoms with Crippen LogP contribution in [0, 0.1) is 5.92 Å². The smallest absolute Gasteiger partial charge is 0.335 e. The van der Waals surface area contributed by atoms with E-state index in [-0.39, 0.29) is 0 Å². The van der Waals surface area contributed by atoms with Gasteiger partial charge in [0.2, 0.25) is 0 Å². The van der Waals surface area contributed by atoms with Crippen molar-refractivity contribution < 1.29 is 9.90 Å². The van der Waals surface area contributed by atoms with Gasteiger partial charge in [-0.1, -0.05) is 72.8 Å². The SMILES string of the molecule is O=C(O)c1ccc(CN(CC2CCCCC2)c2nc(-c3ccc(NCc4ccc(Cl)c(Cl)c4)cc3)cs2)cc1. The number of nitrogens with one attached hydrogen (secondary N) is 1. The molecule has 1 aromatic heterocycles. The molecule has 0 spiro atoms. The topological polar surface area (TPSA) is 65.5 Å². The maximum Gasteiger partial charge on any atom is 0.335 e. The molecule has 8 heteroatoms. The molecule has 1 aliphatic rings. The van der Waals surface area contributed by atoms with Gasteiger partial charge in [0.25, 0.3) is 0 Å². The zero-order chi connectivity index (χ0) is 27.2. The maximum atomic E-state index is 11.3. The Labute approximate surface area is 243 Å². The number of benzene rings is 3. The molecular weight excluding hydrogens is 549 g/mol. The highest BCUT2D eigenvalue weighted by Crippen LogP contribution is 2.32. The molecule has 202 valence electrons. The molecule has 0 atom stereocenters. The number of rotatable bonds is 10. The van der Waals surface area contributed by atoms with Gasteiger partial charge in [-0.25, -0.2) is 9.78 Å². The Kier molecular flexibility index (Phi) is 9.07. The van der Waals surface area contributed by atoms with Crippen LogP contribution in [0.15, 0.2) is 72.1 Å². The molecule has 5 nitrogen and oxygen atoms in total. The standard InChI is InChI=1S/C31H31Cl2N3O2S/c32-27-15-8-23(16-28(27)33)17-34-26-13-11-24(12-14-26)29-20-39-31(35-29)36(18-21-4-2-1-3-5-21)19-22-6-9-25(10-7-22)30(37)38/h6-16,20-21,34H,1-5,17-19H2,(H,37,38). The molecule has 0 radical (unpaired) electrons. The van der Waals surface area contributed by atoms with E-state index in [1.54, 1.807) is 23.5 Å². The third-order valence-electron chi connectivity index (χ3n) is 7.20. The van der Waals surface area contributed by atoms with Crippen molar-refractivity contribution in [3.8, 4) is 11.3 Å². The Morgan fingerprint density at radius 3 is 2.36 bits per heavy atom. The summed E-state index contributed by atoms with van der Waals surface area (Å²) in [5.41, 5.74) is 5.51. The Morgan fingerprint density at radius 2 is 1.67 bits per heavy atom. The van der Waals surface area contributed by atoms with Crippen molar-refractivity contribution in [1.29, 1.82) is 0 Å². The van der Waals surface area contributed by atoms with E-state index in [0.29, 0.717) is 34.6 Å². The van der Waals surface area contributed by atoms with Gasteiger partial charge in [0.05, 0.1) is 21.3 Å². The van der Waals surface area contributed by atoms with Gasteiger partial charge < -0.3 is 15.3 Å². The van der Waals surface area contributed by atoms with Crippen molar-refractivity contribution in [3.63, 3.8) is 0 Å². The van der Waals surface area contributed by atoms with Crippen LogP contribution in [-0.4, -0.2) is 22.6 Å². The Morgan fingerprint density at radius 1 is 0.949 bits per heavy atom. The monoisotopic (exact) mass is 579 g/mol. The molecule has 2 N–H and O–H groups in total. The van der Waals surface area contributed by atoms with Crippen molar-refractivity contribution >= 4 is 51.3 Å². The number of hydrogen-bond donors (Lipinski definition) is 2. The van der Waals surface area contributed by atoms with Gasteiger partial charge in [-0.05, 0) is 66.3 Å². The summed E-state index contributed by atoms with van der Waals surface area (Å²) in [7, 11) is 0. The third kappa shape index (κ3) is 7.33. The molecule has 0 bridgehead atoms. The van der Waals surface area contributed by atoms with E-state index in [9.17, 15) is 9.90 Å². The summed E-state index contributed by atoms with van der Waals surface area (Å²) in [6.07, 6.45) is 6.42. The van der Waals surface area contributed by atoms with Gasteiger partial charge >= 0.3 is 5.97 Å². The van der Waals surface area contributed by atoms with Gasteiger partial charge in [0, 0.05) is 36.3 Å². The summed E-state index contributed by atoms with van der Waals surface area (Å²) in [4.78, 5) is 18.7. The first-order valence-electron chi connectivity index (χ1n) is 13.3. The fourth-order valence-electron chi connectivity index (χ4n) is 5.02. The molecule has 5 rings (SSSR count). The highest BCUT2D eigenvalue weighted by atomic mass is 35.5. The zero-order valence-electron chi connectivity index (χ0n) is 21.6. The summed E-state index contributed by atoms with van der Waals surface area (Å²) in [5, 5.41) is 16.9. The van der Waals surface area contributed by atoms with Gasteiger partial charge in [0.15, 0.2) is 5.13 Å². The van der Waals surface area contributed by atoms with Crippen molar-refractivity contribution in [2.75, 3.05) is 16.8 Å². The summed E-state index contributed by atoms with van der Waals surface area (Å²) in [6.45, 7) is 2.33. The number of thiazole rings is 1. The largest absolute Gasteiger partial charge is 0.478 e. The second kappa shape index (κ2) is 12.9. The molecule has 4 aromatic rings. The second-order valence-electron chi connectivity index (χ2n) is 10.1. The lowest BCUT2D eigenvalue weighted by Gasteiger charge is -2.29. The molecule has 0 saturated heterocycles. The van der Waals surface area contributed by atoms with Crippen molar-refractivity contribution in [2.24, 2.45) is 5.92 Å². The summed E-state index contributed by atoms with van der Waals surface area (Å²) < 4.78 is 0. The van der Waals surface area contributed by atoms with Gasteiger partial charge in [0.1, 0.15) is 0 Å². The molecule has 0 amide bonds. The molecule has 1 saturated carbocycles. The number of aromatic carboxylic acids is 1. The second-order valence-corrected chi connectivity index (χ2v) is 11.7. The average Bonchev–Trinajstić information content (AvgIpc) is 3.45. The lowest BCUT2D eigenvalue weighted by Crippen LogP contribution is -2.30. The number of halogens is 2. The first-order chi connectivity index (χ1) is 18.9. The lowest BCUT2D eigenvalue weighted by atomic mass is 9.89. The van der Waals surface area contributed by atoms with Crippen LogP contribution in [0.1, 0.15) is 53.6 Å². The predicted octanol–water partition coefficient (Wildman–Crippen LogP) is 9.01. The van der Waals surface area contributed by atoms with Crippen LogP contribution in [0.25, 0.3) is 11.3 Å². The normalized spacial score (nSPS) is 13.8. The number of aromatic nitrogens is 1. The number of hydrogen-bond acceptors (Lipinski definition) is 5. The van der Waals surface area contributed by atoms with E-state index in [0.717, 1.165) is 39.7 Å². The van der Waals surface area contributed by atoms with E-state index >= 15 is 0 Å². The Hall–Kier alpha value is -3.06. The number of carbonyl (C=O) groups is 1. The highest BCUT2D eigenvalue weighted by molar-refractivity contribution is 7.14. The van der Waals surface area contributed by atoms with Crippen LogP contribution < -0.4 is 10.2 Å². The lowest BCUT2D eigenvalue weighted by molar-refractivity contribution is 0.0697. The minimum absolute atomic E-state index is 0.309. The van der Waals surface area contributed by atoms with Crippen LogP contribution >= 0.6 is 34.5 Å². The van der Waals surface area contributed by atoms with E-state index in [2.05, 4.69) is 39.9 Å². The molecule has 1 fully saturated rings. The molecule has 3 aromatic carbocycles.